The summed E-state index contributed by atoms with van der Waals surface area (Å²) in [6.07, 6.45) is 10.3. The number of aromatic nitrogens is 2. The average molecular weight is 986 g/mol. The number of amides is 1. The van der Waals surface area contributed by atoms with Crippen molar-refractivity contribution < 1.29 is 37.5 Å². The Kier molecular flexibility index (Phi) is 24.1. The third kappa shape index (κ3) is 16.3. The Morgan fingerprint density at radius 1 is 0.800 bits per heavy atom. The van der Waals surface area contributed by atoms with Crippen molar-refractivity contribution in [3.05, 3.63) is 129 Å². The molecule has 1 aliphatic heterocycles. The van der Waals surface area contributed by atoms with E-state index in [1.807, 2.05) is 97.6 Å². The lowest BCUT2D eigenvalue weighted by atomic mass is 9.80. The van der Waals surface area contributed by atoms with Gasteiger partial charge in [0.15, 0.2) is 6.23 Å². The molecule has 1 aliphatic rings. The second-order valence-corrected chi connectivity index (χ2v) is 19.2. The number of nitriles is 1. The van der Waals surface area contributed by atoms with Gasteiger partial charge in [-0.25, -0.2) is 9.88 Å². The van der Waals surface area contributed by atoms with Crippen molar-refractivity contribution >= 4 is 14.4 Å². The zero-order valence-electron chi connectivity index (χ0n) is 42.1. The zero-order chi connectivity index (χ0) is 50.1. The molecule has 16 heteroatoms. The Morgan fingerprint density at radius 3 is 1.89 bits per heavy atom. The number of carbonyl (C=O) groups excluding carboxylic acids is 1. The van der Waals surface area contributed by atoms with Gasteiger partial charge in [-0.05, 0) is 67.6 Å². The molecule has 1 aromatic heterocycles. The topological polar surface area (TPSA) is 176 Å². The lowest BCUT2D eigenvalue weighted by Crippen LogP contribution is -2.44. The largest absolute Gasteiger partial charge is 0.497 e. The van der Waals surface area contributed by atoms with Gasteiger partial charge in [-0.3, -0.25) is 19.1 Å². The van der Waals surface area contributed by atoms with Gasteiger partial charge in [0.05, 0.1) is 39.9 Å². The summed E-state index contributed by atoms with van der Waals surface area (Å²) in [5.41, 5.74) is -0.190. The standard InChI is InChI=1S/C54H76N5O10P/c1-7-9-11-13-15-20-35-58(36-21-16-14-12-10-8-2)49(61)40-65-51-50(69-70(57-41(3)4)67-38-22-34-55)47(68-52(51)59-37-33-48(60)56-53(59)62)39-66-54(42-23-18-17-19-24-42,43-25-29-45(63-5)30-26-43)44-27-31-46(64-6)32-28-44/h17-19,23-33,37,41,47,50-52,57H,7-16,20-22,35-36,38-40H2,1-6H3,(H,56,60,62)/t47-,50?,51?,52-,70?/m1/s1. The Bertz CT molecular complexity index is 2210. The van der Waals surface area contributed by atoms with E-state index in [1.165, 1.54) is 42.5 Å². The van der Waals surface area contributed by atoms with Gasteiger partial charge >= 0.3 is 5.69 Å². The van der Waals surface area contributed by atoms with E-state index in [-0.39, 0.29) is 38.2 Å². The van der Waals surface area contributed by atoms with E-state index in [0.29, 0.717) is 24.6 Å². The third-order valence-corrected chi connectivity index (χ3v) is 13.9. The van der Waals surface area contributed by atoms with E-state index in [0.717, 1.165) is 68.1 Å². The highest BCUT2D eigenvalue weighted by molar-refractivity contribution is 7.45. The number of nitrogens with zero attached hydrogens (tertiary/aromatic N) is 3. The molecule has 0 saturated carbocycles. The molecule has 3 aromatic carbocycles. The number of carbonyl (C=O) groups is 1. The number of unbranched alkanes of at least 4 members (excludes halogenated alkanes) is 10. The minimum atomic E-state index is -1.91. The van der Waals surface area contributed by atoms with Crippen LogP contribution in [-0.2, 0) is 33.7 Å². The number of H-pyrrole nitrogens is 1. The van der Waals surface area contributed by atoms with Crippen molar-refractivity contribution in [2.45, 2.75) is 147 Å². The molecule has 5 atom stereocenters. The van der Waals surface area contributed by atoms with E-state index in [1.54, 1.807) is 14.2 Å². The van der Waals surface area contributed by atoms with E-state index < -0.39 is 49.9 Å². The minimum absolute atomic E-state index is 0.0847. The van der Waals surface area contributed by atoms with Gasteiger partial charge in [0, 0.05) is 31.4 Å². The zero-order valence-corrected chi connectivity index (χ0v) is 43.0. The number of aromatic amines is 1. The highest BCUT2D eigenvalue weighted by atomic mass is 31.2. The molecule has 5 rings (SSSR count). The van der Waals surface area contributed by atoms with Gasteiger partial charge in [-0.2, -0.15) is 5.26 Å². The molecule has 4 aromatic rings. The molecule has 2 heterocycles. The first-order valence-electron chi connectivity index (χ1n) is 25.2. The van der Waals surface area contributed by atoms with Gasteiger partial charge < -0.3 is 37.6 Å². The molecule has 0 bridgehead atoms. The fraction of sp³-hybridized carbons (Fsp3) is 0.556. The summed E-state index contributed by atoms with van der Waals surface area (Å²) in [4.78, 5) is 44.9. The smallest absolute Gasteiger partial charge is 0.330 e. The van der Waals surface area contributed by atoms with E-state index >= 15 is 0 Å². The van der Waals surface area contributed by atoms with Crippen LogP contribution in [0.15, 0.2) is 101 Å². The lowest BCUT2D eigenvalue weighted by Gasteiger charge is -2.37. The summed E-state index contributed by atoms with van der Waals surface area (Å²) in [5, 5.41) is 12.8. The van der Waals surface area contributed by atoms with Crippen LogP contribution in [0.4, 0.5) is 0 Å². The SMILES string of the molecule is CCCCCCCCN(CCCCCCCC)C(=O)COC1C(OP(NC(C)C)OCCC#N)[C@@H](COC(c2ccccc2)(c2ccc(OC)cc2)c2ccc(OC)cc2)O[C@H]1n1ccc(=O)[nH]c1=O. The summed E-state index contributed by atoms with van der Waals surface area (Å²) < 4.78 is 46.5. The van der Waals surface area contributed by atoms with Gasteiger partial charge in [0.25, 0.3) is 14.1 Å². The first kappa shape index (κ1) is 56.0. The number of rotatable bonds is 33. The maximum Gasteiger partial charge on any atom is 0.330 e. The molecular formula is C54H76N5O10P. The number of nitrogens with one attached hydrogen (secondary N) is 2. The van der Waals surface area contributed by atoms with Crippen molar-refractivity contribution in [2.24, 2.45) is 0 Å². The number of ether oxygens (including phenoxy) is 5. The van der Waals surface area contributed by atoms with Crippen LogP contribution in [0, 0.1) is 11.3 Å². The summed E-state index contributed by atoms with van der Waals surface area (Å²) >= 11 is 0. The highest BCUT2D eigenvalue weighted by Crippen LogP contribution is 2.46. The monoisotopic (exact) mass is 986 g/mol. The molecule has 2 N–H and O–H groups in total. The summed E-state index contributed by atoms with van der Waals surface area (Å²) in [6.45, 7) is 9.15. The maximum absolute atomic E-state index is 14.4. The summed E-state index contributed by atoms with van der Waals surface area (Å²) in [7, 11) is 1.32. The molecule has 1 saturated heterocycles. The van der Waals surface area contributed by atoms with Crippen molar-refractivity contribution in [3.8, 4) is 17.6 Å². The summed E-state index contributed by atoms with van der Waals surface area (Å²) in [6, 6.07) is 28.4. The Morgan fingerprint density at radius 2 is 1.36 bits per heavy atom. The molecule has 3 unspecified atom stereocenters. The average Bonchev–Trinajstić information content (AvgIpc) is 3.70. The molecular weight excluding hydrogens is 910 g/mol. The van der Waals surface area contributed by atoms with Crippen LogP contribution in [-0.4, -0.2) is 91.8 Å². The van der Waals surface area contributed by atoms with Gasteiger partial charge in [-0.1, -0.05) is 133 Å². The number of benzene rings is 3. The van der Waals surface area contributed by atoms with Crippen LogP contribution in [0.1, 0.15) is 134 Å². The predicted octanol–water partition coefficient (Wildman–Crippen LogP) is 9.94. The van der Waals surface area contributed by atoms with E-state index in [4.69, 9.17) is 32.7 Å². The quantitative estimate of drug-likeness (QED) is 0.0263. The fourth-order valence-corrected chi connectivity index (χ4v) is 10.0. The van der Waals surface area contributed by atoms with Gasteiger partial charge in [0.1, 0.15) is 42.0 Å². The highest BCUT2D eigenvalue weighted by Gasteiger charge is 2.51. The van der Waals surface area contributed by atoms with Gasteiger partial charge in [0.2, 0.25) is 5.91 Å². The van der Waals surface area contributed by atoms with Crippen LogP contribution in [0.5, 0.6) is 11.5 Å². The van der Waals surface area contributed by atoms with E-state index in [9.17, 15) is 19.6 Å². The molecule has 0 aliphatic carbocycles. The van der Waals surface area contributed by atoms with Crippen molar-refractivity contribution in [1.29, 1.82) is 5.26 Å². The predicted molar refractivity (Wildman–Crippen MR) is 273 cm³/mol. The Balaban J connectivity index is 1.57. The van der Waals surface area contributed by atoms with Crippen LogP contribution in [0.3, 0.4) is 0 Å². The van der Waals surface area contributed by atoms with Crippen LogP contribution in [0.25, 0.3) is 0 Å². The van der Waals surface area contributed by atoms with Crippen LogP contribution < -0.4 is 25.8 Å². The van der Waals surface area contributed by atoms with Gasteiger partial charge in [-0.15, -0.1) is 0 Å². The molecule has 1 fully saturated rings. The lowest BCUT2D eigenvalue weighted by molar-refractivity contribution is -0.143. The van der Waals surface area contributed by atoms with Crippen molar-refractivity contribution in [1.82, 2.24) is 19.5 Å². The number of methoxy groups -OCH3 is 2. The molecule has 70 heavy (non-hydrogen) atoms. The van der Waals surface area contributed by atoms with E-state index in [2.05, 4.69) is 30.0 Å². The van der Waals surface area contributed by atoms with Crippen molar-refractivity contribution in [2.75, 3.05) is 47.1 Å². The maximum atomic E-state index is 14.4. The molecule has 382 valence electrons. The minimum Gasteiger partial charge on any atom is -0.497 e. The number of hydrogen-bond donors (Lipinski definition) is 2. The molecule has 0 spiro atoms. The number of hydrogen-bond acceptors (Lipinski definition) is 12. The second-order valence-electron chi connectivity index (χ2n) is 17.9. The van der Waals surface area contributed by atoms with Crippen LogP contribution >= 0.6 is 8.53 Å². The molecule has 1 amide bonds. The first-order valence-corrected chi connectivity index (χ1v) is 26.3. The Labute approximate surface area is 416 Å². The second kappa shape index (κ2) is 30.1. The first-order chi connectivity index (χ1) is 34.1. The molecule has 15 nitrogen and oxygen atoms in total. The molecule has 0 radical (unpaired) electrons. The van der Waals surface area contributed by atoms with Crippen LogP contribution in [0.2, 0.25) is 0 Å². The van der Waals surface area contributed by atoms with Crippen molar-refractivity contribution in [3.63, 3.8) is 0 Å². The normalized spacial score (nSPS) is 17.3. The summed E-state index contributed by atoms with van der Waals surface area (Å²) in [5.74, 6) is 1.15. The Hall–Kier alpha value is -4.91. The third-order valence-electron chi connectivity index (χ3n) is 12.4. The fourth-order valence-electron chi connectivity index (χ4n) is 8.66.